The molecule has 1 aromatic rings. The molecule has 1 fully saturated rings. The van der Waals surface area contributed by atoms with Crippen LogP contribution < -0.4 is 11.2 Å². The summed E-state index contributed by atoms with van der Waals surface area (Å²) in [4.78, 5) is 37.2. The number of aromatic nitrogens is 2. The highest BCUT2D eigenvalue weighted by atomic mass is 19.1. The van der Waals surface area contributed by atoms with E-state index in [4.69, 9.17) is 9.47 Å². The number of esters is 1. The van der Waals surface area contributed by atoms with E-state index in [1.165, 1.54) is 13.1 Å². The van der Waals surface area contributed by atoms with Gasteiger partial charge in [0.15, 0.2) is 6.10 Å². The molecule has 4 atom stereocenters. The van der Waals surface area contributed by atoms with Crippen LogP contribution in [0.15, 0.2) is 15.8 Å². The number of carbonyl (C=O) groups excluding carboxylic acids is 1. The molecular formula is C15H21FN2O6. The molecule has 0 saturated carbocycles. The van der Waals surface area contributed by atoms with Crippen LogP contribution in [-0.4, -0.2) is 44.6 Å². The van der Waals surface area contributed by atoms with E-state index in [0.717, 1.165) is 4.57 Å². The molecule has 0 aromatic carbocycles. The molecular weight excluding hydrogens is 323 g/mol. The van der Waals surface area contributed by atoms with Crippen LogP contribution in [-0.2, 0) is 14.3 Å². The number of rotatable bonds is 3. The van der Waals surface area contributed by atoms with Crippen LogP contribution >= 0.6 is 0 Å². The van der Waals surface area contributed by atoms with E-state index in [9.17, 15) is 23.9 Å². The molecule has 1 unspecified atom stereocenters. The summed E-state index contributed by atoms with van der Waals surface area (Å²) >= 11 is 0. The number of H-pyrrole nitrogens is 1. The third kappa shape index (κ3) is 3.90. The smallest absolute Gasteiger partial charge is 0.338 e. The lowest BCUT2D eigenvalue weighted by molar-refractivity contribution is -0.176. The molecule has 1 aromatic heterocycles. The van der Waals surface area contributed by atoms with E-state index in [0.29, 0.717) is 0 Å². The van der Waals surface area contributed by atoms with E-state index in [2.05, 4.69) is 4.98 Å². The van der Waals surface area contributed by atoms with Gasteiger partial charge in [-0.2, -0.15) is 0 Å². The van der Waals surface area contributed by atoms with Crippen molar-refractivity contribution in [3.05, 3.63) is 32.6 Å². The third-order valence-corrected chi connectivity index (χ3v) is 3.51. The first-order valence-corrected chi connectivity index (χ1v) is 7.52. The minimum atomic E-state index is -1.82. The summed E-state index contributed by atoms with van der Waals surface area (Å²) in [7, 11) is 0. The Kier molecular flexibility index (Phi) is 4.95. The van der Waals surface area contributed by atoms with E-state index in [1.807, 2.05) is 0 Å². The van der Waals surface area contributed by atoms with Crippen LogP contribution in [0.5, 0.6) is 0 Å². The van der Waals surface area contributed by atoms with Crippen molar-refractivity contribution in [2.45, 2.75) is 64.3 Å². The molecule has 24 heavy (non-hydrogen) atoms. The second kappa shape index (κ2) is 6.48. The van der Waals surface area contributed by atoms with Crippen molar-refractivity contribution in [2.75, 3.05) is 0 Å². The molecule has 134 valence electrons. The number of nitrogens with zero attached hydrogens (tertiary/aromatic N) is 1. The highest BCUT2D eigenvalue weighted by Gasteiger charge is 2.45. The van der Waals surface area contributed by atoms with E-state index in [-0.39, 0.29) is 12.0 Å². The number of aromatic amines is 1. The lowest BCUT2D eigenvalue weighted by atomic mass is 10.1. The summed E-state index contributed by atoms with van der Waals surface area (Å²) in [6, 6.07) is 0. The summed E-state index contributed by atoms with van der Waals surface area (Å²) in [6.45, 7) is 6.34. The second-order valence-electron chi connectivity index (χ2n) is 6.76. The summed E-state index contributed by atoms with van der Waals surface area (Å²) in [5.74, 6) is -0.999. The van der Waals surface area contributed by atoms with Gasteiger partial charge in [0.2, 0.25) is 0 Å². The number of ether oxygens (including phenoxy) is 2. The van der Waals surface area contributed by atoms with Crippen molar-refractivity contribution >= 4 is 5.97 Å². The highest BCUT2D eigenvalue weighted by molar-refractivity contribution is 5.75. The van der Waals surface area contributed by atoms with Crippen molar-refractivity contribution in [1.82, 2.24) is 9.55 Å². The molecule has 1 aliphatic rings. The molecule has 2 heterocycles. The van der Waals surface area contributed by atoms with Crippen LogP contribution in [0.2, 0.25) is 0 Å². The van der Waals surface area contributed by atoms with Gasteiger partial charge in [0.05, 0.1) is 0 Å². The quantitative estimate of drug-likeness (QED) is 0.757. The Morgan fingerprint density at radius 1 is 1.50 bits per heavy atom. The Hall–Kier alpha value is -2.00. The van der Waals surface area contributed by atoms with Crippen molar-refractivity contribution in [3.8, 4) is 0 Å². The Morgan fingerprint density at radius 3 is 2.71 bits per heavy atom. The van der Waals surface area contributed by atoms with Crippen LogP contribution in [0.4, 0.5) is 4.39 Å². The van der Waals surface area contributed by atoms with Crippen LogP contribution in [0.3, 0.4) is 0 Å². The molecule has 0 bridgehead atoms. The largest absolute Gasteiger partial charge is 0.458 e. The van der Waals surface area contributed by atoms with Gasteiger partial charge in [0, 0.05) is 18.2 Å². The first-order valence-electron chi connectivity index (χ1n) is 7.52. The van der Waals surface area contributed by atoms with Crippen molar-refractivity contribution < 1.29 is 23.8 Å². The number of hydrogen-bond acceptors (Lipinski definition) is 6. The third-order valence-electron chi connectivity index (χ3n) is 3.51. The Labute approximate surface area is 137 Å². The Bertz CT molecular complexity index is 735. The SMILES string of the molecule is Cc1cn([C@H]2C[C@H](F)[C@@H](C(O)C(=O)OC(C)(C)C)O2)c(=O)[nH]c1=O. The highest BCUT2D eigenvalue weighted by Crippen LogP contribution is 2.32. The van der Waals surface area contributed by atoms with Crippen molar-refractivity contribution in [1.29, 1.82) is 0 Å². The fourth-order valence-electron chi connectivity index (χ4n) is 2.40. The lowest BCUT2D eigenvalue weighted by Gasteiger charge is -2.25. The topological polar surface area (TPSA) is 111 Å². The number of halogens is 1. The summed E-state index contributed by atoms with van der Waals surface area (Å²) < 4.78 is 25.6. The second-order valence-corrected chi connectivity index (χ2v) is 6.76. The van der Waals surface area contributed by atoms with E-state index in [1.54, 1.807) is 20.8 Å². The first kappa shape index (κ1) is 18.3. The summed E-state index contributed by atoms with van der Waals surface area (Å²) in [5, 5.41) is 10.00. The summed E-state index contributed by atoms with van der Waals surface area (Å²) in [6.07, 6.45) is -4.97. The number of aliphatic hydroxyl groups is 1. The maximum absolute atomic E-state index is 14.2. The predicted molar refractivity (Wildman–Crippen MR) is 81.3 cm³/mol. The molecule has 0 amide bonds. The van der Waals surface area contributed by atoms with E-state index >= 15 is 0 Å². The van der Waals surface area contributed by atoms with Gasteiger partial charge in [0.25, 0.3) is 5.56 Å². The minimum absolute atomic E-state index is 0.240. The normalized spacial score (nSPS) is 25.5. The van der Waals surface area contributed by atoms with Gasteiger partial charge in [-0.15, -0.1) is 0 Å². The number of aryl methyl sites for hydroxylation is 1. The van der Waals surface area contributed by atoms with Gasteiger partial charge < -0.3 is 14.6 Å². The van der Waals surface area contributed by atoms with Crippen LogP contribution in [0, 0.1) is 6.92 Å². The molecule has 0 radical (unpaired) electrons. The lowest BCUT2D eigenvalue weighted by Crippen LogP contribution is -2.42. The zero-order chi connectivity index (χ0) is 18.2. The predicted octanol–water partition coefficient (Wildman–Crippen LogP) is 0.173. The molecule has 0 spiro atoms. The first-order chi connectivity index (χ1) is 11.0. The van der Waals surface area contributed by atoms with Crippen molar-refractivity contribution in [3.63, 3.8) is 0 Å². The maximum atomic E-state index is 14.2. The molecule has 2 N–H and O–H groups in total. The number of carbonyl (C=O) groups is 1. The number of aliphatic hydroxyl groups excluding tert-OH is 1. The Morgan fingerprint density at radius 2 is 2.12 bits per heavy atom. The molecule has 0 aliphatic carbocycles. The monoisotopic (exact) mass is 344 g/mol. The standard InChI is InChI=1S/C15H21FN2O6/c1-7-6-18(14(22)17-12(7)20)9-5-8(16)11(23-9)10(19)13(21)24-15(2,3)4/h6,8-11,19H,5H2,1-4H3,(H,17,20,22)/t8-,9+,10?,11-/m0/s1. The van der Waals surface area contributed by atoms with Gasteiger partial charge in [0.1, 0.15) is 24.1 Å². The Balaban J connectivity index is 2.18. The number of alkyl halides is 1. The van der Waals surface area contributed by atoms with E-state index < -0.39 is 47.4 Å². The van der Waals surface area contributed by atoms with Gasteiger partial charge in [-0.1, -0.05) is 0 Å². The zero-order valence-corrected chi connectivity index (χ0v) is 13.9. The van der Waals surface area contributed by atoms with Crippen molar-refractivity contribution in [2.24, 2.45) is 0 Å². The molecule has 8 nitrogen and oxygen atoms in total. The van der Waals surface area contributed by atoms with Gasteiger partial charge in [-0.25, -0.2) is 14.0 Å². The van der Waals surface area contributed by atoms with Crippen LogP contribution in [0.1, 0.15) is 39.0 Å². The van der Waals surface area contributed by atoms with Gasteiger partial charge >= 0.3 is 11.7 Å². The number of nitrogens with one attached hydrogen (secondary N) is 1. The average Bonchev–Trinajstić information content (AvgIpc) is 2.81. The average molecular weight is 344 g/mol. The zero-order valence-electron chi connectivity index (χ0n) is 13.9. The fraction of sp³-hybridized carbons (Fsp3) is 0.667. The maximum Gasteiger partial charge on any atom is 0.338 e. The molecule has 1 aliphatic heterocycles. The van der Waals surface area contributed by atoms with Gasteiger partial charge in [-0.05, 0) is 27.7 Å². The minimum Gasteiger partial charge on any atom is -0.458 e. The molecule has 2 rings (SSSR count). The fourth-order valence-corrected chi connectivity index (χ4v) is 2.40. The molecule has 9 heteroatoms. The van der Waals surface area contributed by atoms with Crippen LogP contribution in [0.25, 0.3) is 0 Å². The summed E-state index contributed by atoms with van der Waals surface area (Å²) in [5.41, 5.74) is -1.88. The number of hydrogen-bond donors (Lipinski definition) is 2. The molecule has 1 saturated heterocycles. The van der Waals surface area contributed by atoms with Gasteiger partial charge in [-0.3, -0.25) is 14.3 Å².